The van der Waals surface area contributed by atoms with Gasteiger partial charge in [-0.1, -0.05) is 0 Å². The van der Waals surface area contributed by atoms with E-state index in [1.54, 1.807) is 23.6 Å². The van der Waals surface area contributed by atoms with Crippen molar-refractivity contribution in [1.29, 1.82) is 0 Å². The lowest BCUT2D eigenvalue weighted by Crippen LogP contribution is -1.99. The van der Waals surface area contributed by atoms with E-state index in [0.717, 1.165) is 22.1 Å². The summed E-state index contributed by atoms with van der Waals surface area (Å²) in [7, 11) is 0. The second kappa shape index (κ2) is 4.97. The topological polar surface area (TPSA) is 55.1 Å². The maximum absolute atomic E-state index is 10.5. The summed E-state index contributed by atoms with van der Waals surface area (Å²) in [6.07, 6.45) is 6.54. The molecular weight excluding hydrogens is 236 g/mol. The molecule has 0 unspecified atom stereocenters. The fourth-order valence-corrected chi connectivity index (χ4v) is 2.35. The van der Waals surface area contributed by atoms with Gasteiger partial charge in [-0.2, -0.15) is 5.10 Å². The van der Waals surface area contributed by atoms with Gasteiger partial charge < -0.3 is 5.11 Å². The Balaban J connectivity index is 2.16. The fourth-order valence-electron chi connectivity index (χ4n) is 1.49. The van der Waals surface area contributed by atoms with Crippen molar-refractivity contribution in [2.75, 3.05) is 0 Å². The minimum atomic E-state index is -0.933. The van der Waals surface area contributed by atoms with Crippen LogP contribution in [-0.4, -0.2) is 20.9 Å². The molecule has 0 aromatic carbocycles. The number of carboxylic acid groups (broad SMARTS) is 1. The molecule has 2 rings (SSSR count). The first-order valence-electron chi connectivity index (χ1n) is 5.11. The molecule has 2 aromatic rings. The number of carbonyl (C=O) groups is 1. The van der Waals surface area contributed by atoms with Crippen LogP contribution in [0.3, 0.4) is 0 Å². The number of hydrogen-bond acceptors (Lipinski definition) is 3. The van der Waals surface area contributed by atoms with E-state index >= 15 is 0 Å². The van der Waals surface area contributed by atoms with Crippen LogP contribution in [-0.2, 0) is 11.3 Å². The van der Waals surface area contributed by atoms with Crippen LogP contribution in [0, 0.1) is 6.92 Å². The van der Waals surface area contributed by atoms with E-state index in [0.29, 0.717) is 6.54 Å². The average Bonchev–Trinajstić information content (AvgIpc) is 2.86. The van der Waals surface area contributed by atoms with Crippen LogP contribution in [0.4, 0.5) is 0 Å². The van der Waals surface area contributed by atoms with Gasteiger partial charge in [0.1, 0.15) is 0 Å². The lowest BCUT2D eigenvalue weighted by atomic mass is 10.2. The average molecular weight is 248 g/mol. The van der Waals surface area contributed by atoms with Gasteiger partial charge in [0.2, 0.25) is 0 Å². The van der Waals surface area contributed by atoms with E-state index < -0.39 is 5.97 Å². The van der Waals surface area contributed by atoms with Crippen LogP contribution in [0.15, 0.2) is 29.9 Å². The van der Waals surface area contributed by atoms with Gasteiger partial charge in [0, 0.05) is 17.2 Å². The largest absolute Gasteiger partial charge is 0.478 e. The van der Waals surface area contributed by atoms with Gasteiger partial charge in [-0.15, -0.1) is 11.3 Å². The highest BCUT2D eigenvalue weighted by Gasteiger charge is 2.03. The molecule has 0 atom stereocenters. The molecule has 0 spiro atoms. The zero-order valence-electron chi connectivity index (χ0n) is 9.33. The third kappa shape index (κ3) is 3.04. The smallest absolute Gasteiger partial charge is 0.328 e. The standard InChI is InChI=1S/C12H12N2O2S/c1-9-6-13-14(7-9)8-11-10(4-5-17-11)2-3-12(15)16/h2-7H,8H2,1H3,(H,15,16). The third-order valence-electron chi connectivity index (χ3n) is 2.25. The number of aryl methyl sites for hydroxylation is 1. The van der Waals surface area contributed by atoms with Crippen molar-refractivity contribution in [1.82, 2.24) is 9.78 Å². The highest BCUT2D eigenvalue weighted by Crippen LogP contribution is 2.19. The molecule has 88 valence electrons. The summed E-state index contributed by atoms with van der Waals surface area (Å²) < 4.78 is 1.85. The number of thiophene rings is 1. The summed E-state index contributed by atoms with van der Waals surface area (Å²) in [6, 6.07) is 1.91. The van der Waals surface area contributed by atoms with Gasteiger partial charge in [0.15, 0.2) is 0 Å². The predicted octanol–water partition coefficient (Wildman–Crippen LogP) is 2.40. The monoisotopic (exact) mass is 248 g/mol. The Kier molecular flexibility index (Phi) is 3.39. The lowest BCUT2D eigenvalue weighted by molar-refractivity contribution is -0.131. The van der Waals surface area contributed by atoms with Crippen LogP contribution >= 0.6 is 11.3 Å². The van der Waals surface area contributed by atoms with E-state index in [2.05, 4.69) is 5.10 Å². The Labute approximate surface area is 103 Å². The number of rotatable bonds is 4. The van der Waals surface area contributed by atoms with Crippen molar-refractivity contribution in [3.8, 4) is 0 Å². The Hall–Kier alpha value is -1.88. The van der Waals surface area contributed by atoms with Gasteiger partial charge >= 0.3 is 5.97 Å². The molecule has 0 aliphatic rings. The van der Waals surface area contributed by atoms with Gasteiger partial charge in [-0.3, -0.25) is 4.68 Å². The van der Waals surface area contributed by atoms with Crippen LogP contribution in [0.2, 0.25) is 0 Å². The summed E-state index contributed by atoms with van der Waals surface area (Å²) in [5, 5.41) is 14.8. The molecule has 1 N–H and O–H groups in total. The molecule has 0 bridgehead atoms. The van der Waals surface area contributed by atoms with Crippen LogP contribution in [0.1, 0.15) is 16.0 Å². The quantitative estimate of drug-likeness (QED) is 0.845. The first kappa shape index (κ1) is 11.6. The van der Waals surface area contributed by atoms with Gasteiger partial charge in [0.05, 0.1) is 12.7 Å². The van der Waals surface area contributed by atoms with E-state index in [1.807, 2.05) is 29.2 Å². The molecule has 0 fully saturated rings. The van der Waals surface area contributed by atoms with Crippen molar-refractivity contribution in [3.05, 3.63) is 45.9 Å². The SMILES string of the molecule is Cc1cnn(Cc2sccc2C=CC(=O)O)c1. The van der Waals surface area contributed by atoms with Gasteiger partial charge in [-0.05, 0) is 35.6 Å². The Bertz CT molecular complexity index is 554. The van der Waals surface area contributed by atoms with Crippen LogP contribution < -0.4 is 0 Å². The summed E-state index contributed by atoms with van der Waals surface area (Å²) in [5.74, 6) is -0.933. The maximum atomic E-state index is 10.5. The van der Waals surface area contributed by atoms with Gasteiger partial charge in [-0.25, -0.2) is 4.79 Å². The molecule has 2 aromatic heterocycles. The summed E-state index contributed by atoms with van der Waals surface area (Å²) in [5.41, 5.74) is 2.05. The Morgan fingerprint density at radius 1 is 1.65 bits per heavy atom. The van der Waals surface area contributed by atoms with E-state index in [4.69, 9.17) is 5.11 Å². The normalized spacial score (nSPS) is 11.1. The second-order valence-corrected chi connectivity index (χ2v) is 4.69. The molecule has 0 amide bonds. The molecule has 0 aliphatic carbocycles. The zero-order chi connectivity index (χ0) is 12.3. The van der Waals surface area contributed by atoms with Gasteiger partial charge in [0.25, 0.3) is 0 Å². The highest BCUT2D eigenvalue weighted by atomic mass is 32.1. The molecule has 2 heterocycles. The minimum absolute atomic E-state index is 0.671. The number of carboxylic acids is 1. The Morgan fingerprint density at radius 2 is 2.47 bits per heavy atom. The third-order valence-corrected chi connectivity index (χ3v) is 3.17. The number of aliphatic carboxylic acids is 1. The Morgan fingerprint density at radius 3 is 3.12 bits per heavy atom. The highest BCUT2D eigenvalue weighted by molar-refractivity contribution is 7.10. The van der Waals surface area contributed by atoms with E-state index in [1.165, 1.54) is 0 Å². The predicted molar refractivity (Wildman–Crippen MR) is 67.1 cm³/mol. The van der Waals surface area contributed by atoms with Crippen LogP contribution in [0.5, 0.6) is 0 Å². The van der Waals surface area contributed by atoms with E-state index in [9.17, 15) is 4.79 Å². The lowest BCUT2D eigenvalue weighted by Gasteiger charge is -2.00. The molecule has 0 saturated heterocycles. The maximum Gasteiger partial charge on any atom is 0.328 e. The van der Waals surface area contributed by atoms with Crippen LogP contribution in [0.25, 0.3) is 6.08 Å². The summed E-state index contributed by atoms with van der Waals surface area (Å²) in [6.45, 7) is 2.66. The second-order valence-electron chi connectivity index (χ2n) is 3.69. The zero-order valence-corrected chi connectivity index (χ0v) is 10.1. The molecule has 17 heavy (non-hydrogen) atoms. The summed E-state index contributed by atoms with van der Waals surface area (Å²) in [4.78, 5) is 11.6. The molecule has 4 nitrogen and oxygen atoms in total. The molecule has 5 heteroatoms. The van der Waals surface area contributed by atoms with Crippen molar-refractivity contribution in [2.24, 2.45) is 0 Å². The number of aromatic nitrogens is 2. The first-order chi connectivity index (χ1) is 8.15. The fraction of sp³-hybridized carbons (Fsp3) is 0.167. The summed E-state index contributed by atoms with van der Waals surface area (Å²) >= 11 is 1.60. The first-order valence-corrected chi connectivity index (χ1v) is 5.99. The van der Waals surface area contributed by atoms with E-state index in [-0.39, 0.29) is 0 Å². The molecule has 0 radical (unpaired) electrons. The number of nitrogens with zero attached hydrogens (tertiary/aromatic N) is 2. The van der Waals surface area contributed by atoms with Crippen molar-refractivity contribution in [3.63, 3.8) is 0 Å². The molecule has 0 aliphatic heterocycles. The van der Waals surface area contributed by atoms with Crippen molar-refractivity contribution < 1.29 is 9.90 Å². The molecule has 0 saturated carbocycles. The van der Waals surface area contributed by atoms with Crippen molar-refractivity contribution in [2.45, 2.75) is 13.5 Å². The minimum Gasteiger partial charge on any atom is -0.478 e. The van der Waals surface area contributed by atoms with Crippen molar-refractivity contribution >= 4 is 23.4 Å². The number of hydrogen-bond donors (Lipinski definition) is 1. The molecular formula is C12H12N2O2S.